The van der Waals surface area contributed by atoms with Crippen LogP contribution >= 0.6 is 0 Å². The summed E-state index contributed by atoms with van der Waals surface area (Å²) in [5.74, 6) is 0.344. The summed E-state index contributed by atoms with van der Waals surface area (Å²) in [6.45, 7) is 1.60. The molecule has 0 N–H and O–H groups in total. The zero-order valence-corrected chi connectivity index (χ0v) is 10.3. The van der Waals surface area contributed by atoms with Crippen molar-refractivity contribution in [3.05, 3.63) is 35.4 Å². The van der Waals surface area contributed by atoms with Crippen molar-refractivity contribution in [2.24, 2.45) is 5.41 Å². The third-order valence-corrected chi connectivity index (χ3v) is 4.29. The highest BCUT2D eigenvalue weighted by Gasteiger charge is 2.52. The molecule has 2 nitrogen and oxygen atoms in total. The Morgan fingerprint density at radius 1 is 1.16 bits per heavy atom. The zero-order valence-electron chi connectivity index (χ0n) is 10.3. The number of likely N-dealkylation sites (tertiary alicyclic amines) is 1. The number of halogens is 3. The number of alkyl halides is 3. The third-order valence-electron chi connectivity index (χ3n) is 4.29. The van der Waals surface area contributed by atoms with Crippen molar-refractivity contribution < 1.29 is 18.0 Å². The molecular weight excluding hydrogens is 255 g/mol. The van der Waals surface area contributed by atoms with E-state index < -0.39 is 11.7 Å². The van der Waals surface area contributed by atoms with E-state index in [-0.39, 0.29) is 5.41 Å². The molecule has 0 bridgehead atoms. The van der Waals surface area contributed by atoms with Crippen molar-refractivity contribution in [1.29, 1.82) is 0 Å². The lowest BCUT2D eigenvalue weighted by atomic mass is 9.56. The van der Waals surface area contributed by atoms with Crippen LogP contribution in [0.1, 0.15) is 29.9 Å². The highest BCUT2D eigenvalue weighted by molar-refractivity contribution is 5.50. The molecule has 0 unspecified atom stereocenters. The Hall–Kier alpha value is -1.52. The smallest absolute Gasteiger partial charge is 0.344 e. The van der Waals surface area contributed by atoms with Crippen LogP contribution in [0.5, 0.6) is 0 Å². The highest BCUT2D eigenvalue weighted by atomic mass is 19.4. The van der Waals surface area contributed by atoms with Crippen molar-refractivity contribution >= 4 is 6.41 Å². The number of carbonyl (C=O) groups is 1. The Morgan fingerprint density at radius 3 is 2.21 bits per heavy atom. The van der Waals surface area contributed by atoms with Gasteiger partial charge in [0.2, 0.25) is 6.41 Å². The molecule has 5 heteroatoms. The number of nitrogens with zero attached hydrogens (tertiary/aromatic N) is 1. The summed E-state index contributed by atoms with van der Waals surface area (Å²) in [5, 5.41) is 0. The number of benzene rings is 1. The maximum Gasteiger partial charge on any atom is 0.416 e. The molecule has 1 aromatic rings. The van der Waals surface area contributed by atoms with E-state index in [4.69, 9.17) is 0 Å². The second-order valence-electron chi connectivity index (χ2n) is 5.74. The molecule has 1 amide bonds. The lowest BCUT2D eigenvalue weighted by molar-refractivity contribution is -0.137. The summed E-state index contributed by atoms with van der Waals surface area (Å²) in [7, 11) is 0. The van der Waals surface area contributed by atoms with Gasteiger partial charge in [-0.3, -0.25) is 4.79 Å². The number of rotatable bonds is 2. The van der Waals surface area contributed by atoms with Gasteiger partial charge >= 0.3 is 6.18 Å². The van der Waals surface area contributed by atoms with Crippen molar-refractivity contribution in [3.63, 3.8) is 0 Å². The van der Waals surface area contributed by atoms with Gasteiger partial charge in [-0.25, -0.2) is 0 Å². The van der Waals surface area contributed by atoms with E-state index in [9.17, 15) is 18.0 Å². The summed E-state index contributed by atoms with van der Waals surface area (Å²) >= 11 is 0. The summed E-state index contributed by atoms with van der Waals surface area (Å²) in [5.41, 5.74) is 0.623. The fraction of sp³-hybridized carbons (Fsp3) is 0.500. The Kier molecular flexibility index (Phi) is 2.62. The summed E-state index contributed by atoms with van der Waals surface area (Å²) in [6, 6.07) is 5.46. The van der Waals surface area contributed by atoms with Crippen LogP contribution in [0, 0.1) is 5.41 Å². The maximum absolute atomic E-state index is 12.4. The summed E-state index contributed by atoms with van der Waals surface area (Å²) in [4.78, 5) is 12.3. The Labute approximate surface area is 109 Å². The minimum Gasteiger partial charge on any atom is -0.344 e. The summed E-state index contributed by atoms with van der Waals surface area (Å²) in [6.07, 6.45) is -1.46. The summed E-state index contributed by atoms with van der Waals surface area (Å²) < 4.78 is 37.3. The largest absolute Gasteiger partial charge is 0.416 e. The molecule has 0 atom stereocenters. The van der Waals surface area contributed by atoms with Gasteiger partial charge in [-0.2, -0.15) is 13.2 Å². The molecule has 2 fully saturated rings. The first-order chi connectivity index (χ1) is 8.92. The van der Waals surface area contributed by atoms with Crippen molar-refractivity contribution in [2.45, 2.75) is 24.9 Å². The molecule has 1 saturated carbocycles. The van der Waals surface area contributed by atoms with Crippen molar-refractivity contribution in [3.8, 4) is 0 Å². The first-order valence-corrected chi connectivity index (χ1v) is 6.28. The number of hydrogen-bond donors (Lipinski definition) is 0. The molecule has 1 aromatic carbocycles. The van der Waals surface area contributed by atoms with Gasteiger partial charge in [0.25, 0.3) is 0 Å². The molecule has 19 heavy (non-hydrogen) atoms. The molecule has 0 radical (unpaired) electrons. The van der Waals surface area contributed by atoms with E-state index in [2.05, 4.69) is 0 Å². The zero-order chi connectivity index (χ0) is 13.7. The van der Waals surface area contributed by atoms with Crippen LogP contribution in [-0.2, 0) is 11.0 Å². The average Bonchev–Trinajstić information content (AvgIpc) is 2.25. The molecule has 2 aliphatic rings. The van der Waals surface area contributed by atoms with Gasteiger partial charge in [-0.05, 0) is 36.5 Å². The van der Waals surface area contributed by atoms with E-state index in [0.29, 0.717) is 5.92 Å². The average molecular weight is 269 g/mol. The molecular formula is C14H14F3NO. The Balaban J connectivity index is 1.62. The monoisotopic (exact) mass is 269 g/mol. The normalized spacial score (nSPS) is 21.9. The van der Waals surface area contributed by atoms with Gasteiger partial charge in [0.05, 0.1) is 5.56 Å². The molecule has 3 rings (SSSR count). The molecule has 1 heterocycles. The Bertz CT molecular complexity index is 480. The minimum absolute atomic E-state index is 0.244. The van der Waals surface area contributed by atoms with Crippen LogP contribution in [-0.4, -0.2) is 24.4 Å². The fourth-order valence-corrected chi connectivity index (χ4v) is 3.31. The van der Waals surface area contributed by atoms with Gasteiger partial charge in [-0.15, -0.1) is 0 Å². The van der Waals surface area contributed by atoms with E-state index in [0.717, 1.165) is 50.0 Å². The first-order valence-electron chi connectivity index (χ1n) is 6.28. The van der Waals surface area contributed by atoms with Gasteiger partial charge < -0.3 is 4.90 Å². The molecule has 1 saturated heterocycles. The van der Waals surface area contributed by atoms with Crippen molar-refractivity contribution in [1.82, 2.24) is 4.90 Å². The molecule has 102 valence electrons. The number of carbonyl (C=O) groups excluding carboxylic acids is 1. The van der Waals surface area contributed by atoms with Crippen molar-refractivity contribution in [2.75, 3.05) is 13.1 Å². The Morgan fingerprint density at radius 2 is 1.74 bits per heavy atom. The predicted octanol–water partition coefficient (Wildman–Crippen LogP) is 3.04. The van der Waals surface area contributed by atoms with E-state index in [1.54, 1.807) is 17.0 Å². The van der Waals surface area contributed by atoms with Crippen LogP contribution in [0.25, 0.3) is 0 Å². The van der Waals surface area contributed by atoms with Gasteiger partial charge in [0, 0.05) is 18.5 Å². The predicted molar refractivity (Wildman–Crippen MR) is 63.5 cm³/mol. The van der Waals surface area contributed by atoms with Gasteiger partial charge in [0.1, 0.15) is 0 Å². The van der Waals surface area contributed by atoms with Crippen LogP contribution in [0.3, 0.4) is 0 Å². The van der Waals surface area contributed by atoms with Crippen LogP contribution in [0.15, 0.2) is 24.3 Å². The van der Waals surface area contributed by atoms with Crippen LogP contribution in [0.2, 0.25) is 0 Å². The molecule has 0 aromatic heterocycles. The second kappa shape index (κ2) is 3.99. The standard InChI is InChI=1S/C14H14F3NO/c15-14(16,17)12-3-1-10(2-4-12)11-5-13(6-11)7-18(8-13)9-19/h1-4,9,11H,5-8H2. The first kappa shape index (κ1) is 12.5. The maximum atomic E-state index is 12.4. The van der Waals surface area contributed by atoms with Crippen LogP contribution in [0.4, 0.5) is 13.2 Å². The second-order valence-corrected chi connectivity index (χ2v) is 5.74. The number of amides is 1. The van der Waals surface area contributed by atoms with Gasteiger partial charge in [0.15, 0.2) is 0 Å². The molecule has 1 spiro atoms. The van der Waals surface area contributed by atoms with E-state index in [1.165, 1.54) is 0 Å². The topological polar surface area (TPSA) is 20.3 Å². The third kappa shape index (κ3) is 2.11. The van der Waals surface area contributed by atoms with Crippen LogP contribution < -0.4 is 0 Å². The lowest BCUT2D eigenvalue weighted by Crippen LogP contribution is -2.60. The van der Waals surface area contributed by atoms with Gasteiger partial charge in [-0.1, -0.05) is 12.1 Å². The lowest BCUT2D eigenvalue weighted by Gasteiger charge is -2.58. The number of hydrogen-bond acceptors (Lipinski definition) is 1. The SMILES string of the molecule is O=CN1CC2(CC(c3ccc(C(F)(F)F)cc3)C2)C1. The van der Waals surface area contributed by atoms with E-state index >= 15 is 0 Å². The molecule has 1 aliphatic heterocycles. The highest BCUT2D eigenvalue weighted by Crippen LogP contribution is 2.55. The molecule has 1 aliphatic carbocycles. The quantitative estimate of drug-likeness (QED) is 0.756. The minimum atomic E-state index is -4.27. The fourth-order valence-electron chi connectivity index (χ4n) is 3.31. The van der Waals surface area contributed by atoms with E-state index in [1.807, 2.05) is 0 Å².